The van der Waals surface area contributed by atoms with E-state index in [0.717, 1.165) is 55.3 Å². The van der Waals surface area contributed by atoms with E-state index in [4.69, 9.17) is 9.47 Å². The van der Waals surface area contributed by atoms with Crippen LogP contribution in [0.2, 0.25) is 0 Å². The molecule has 3 aliphatic rings. The zero-order valence-corrected chi connectivity index (χ0v) is 18.4. The maximum atomic E-state index is 13.2. The molecule has 30 heavy (non-hydrogen) atoms. The number of ether oxygens (including phenoxy) is 2. The van der Waals surface area contributed by atoms with Crippen LogP contribution in [0.3, 0.4) is 0 Å². The fourth-order valence-corrected chi connectivity index (χ4v) is 6.32. The normalized spacial score (nSPS) is 24.9. The van der Waals surface area contributed by atoms with Crippen molar-refractivity contribution in [3.63, 3.8) is 0 Å². The zero-order valence-electron chi connectivity index (χ0n) is 17.6. The van der Waals surface area contributed by atoms with Crippen LogP contribution in [-0.2, 0) is 9.47 Å². The van der Waals surface area contributed by atoms with Crippen molar-refractivity contribution in [1.82, 2.24) is 5.32 Å². The van der Waals surface area contributed by atoms with Crippen molar-refractivity contribution >= 4 is 22.2 Å². The molecule has 160 valence electrons. The summed E-state index contributed by atoms with van der Waals surface area (Å²) in [5.74, 6) is 0.0583. The van der Waals surface area contributed by atoms with E-state index < -0.39 is 0 Å². The second kappa shape index (κ2) is 8.33. The lowest BCUT2D eigenvalue weighted by Gasteiger charge is -2.60. The van der Waals surface area contributed by atoms with Gasteiger partial charge in [-0.1, -0.05) is 36.8 Å². The van der Waals surface area contributed by atoms with Crippen LogP contribution in [0.25, 0.3) is 11.1 Å². The Morgan fingerprint density at radius 1 is 1.27 bits per heavy atom. The van der Waals surface area contributed by atoms with Crippen molar-refractivity contribution < 1.29 is 14.3 Å². The first-order chi connectivity index (χ1) is 14.7. The Morgan fingerprint density at radius 2 is 2.03 bits per heavy atom. The summed E-state index contributed by atoms with van der Waals surface area (Å²) in [5.41, 5.74) is 2.48. The van der Waals surface area contributed by atoms with Gasteiger partial charge in [-0.05, 0) is 37.8 Å². The molecule has 0 radical (unpaired) electrons. The fourth-order valence-electron chi connectivity index (χ4n) is 5.19. The van der Waals surface area contributed by atoms with E-state index in [-0.39, 0.29) is 17.4 Å². The van der Waals surface area contributed by atoms with E-state index in [2.05, 4.69) is 47.5 Å². The summed E-state index contributed by atoms with van der Waals surface area (Å²) >= 11 is 1.61. The smallest absolute Gasteiger partial charge is 0.261 e. The summed E-state index contributed by atoms with van der Waals surface area (Å²) in [5, 5.41) is 4.53. The first-order valence-corrected chi connectivity index (χ1v) is 12.0. The molecule has 1 saturated heterocycles. The molecule has 5 rings (SSSR count). The summed E-state index contributed by atoms with van der Waals surface area (Å²) in [6, 6.07) is 12.7. The molecule has 2 atom stereocenters. The molecular weight excluding hydrogens is 396 g/mol. The Hall–Kier alpha value is -1.89. The van der Waals surface area contributed by atoms with Gasteiger partial charge in [-0.3, -0.25) is 4.79 Å². The molecule has 1 amide bonds. The number of hydrogen-bond acceptors (Lipinski definition) is 5. The zero-order chi connectivity index (χ0) is 20.6. The van der Waals surface area contributed by atoms with Gasteiger partial charge in [0.15, 0.2) is 0 Å². The standard InChI is InChI=1S/C24H30N2O3S/c1-2-29-21-16-20(24(21)9-6-10-24)25-22(27)19-15-18(17-7-4-3-5-8-17)23(30-19)26-11-13-28-14-12-26/h3-5,7-8,15,20-21H,2,6,9-14,16H2,1H3,(H,25,27)/t20-,21+/m0/s1. The highest BCUT2D eigenvalue weighted by Gasteiger charge is 2.59. The molecule has 1 aliphatic heterocycles. The van der Waals surface area contributed by atoms with Gasteiger partial charge in [0.25, 0.3) is 5.91 Å². The third-order valence-corrected chi connectivity index (χ3v) is 8.26. The predicted molar refractivity (Wildman–Crippen MR) is 120 cm³/mol. The maximum Gasteiger partial charge on any atom is 0.261 e. The van der Waals surface area contributed by atoms with Crippen molar-refractivity contribution in [2.24, 2.45) is 5.41 Å². The number of thiophene rings is 1. The molecular formula is C24H30N2O3S. The number of carbonyl (C=O) groups excluding carboxylic acids is 1. The van der Waals surface area contributed by atoms with Crippen LogP contribution in [0.4, 0.5) is 5.00 Å². The molecule has 1 N–H and O–H groups in total. The number of nitrogens with zero attached hydrogens (tertiary/aromatic N) is 1. The number of hydrogen-bond donors (Lipinski definition) is 1. The van der Waals surface area contributed by atoms with Gasteiger partial charge in [0.1, 0.15) is 0 Å². The minimum absolute atomic E-state index is 0.0583. The average molecular weight is 427 g/mol. The number of anilines is 1. The van der Waals surface area contributed by atoms with Crippen molar-refractivity contribution in [2.75, 3.05) is 37.8 Å². The topological polar surface area (TPSA) is 50.8 Å². The van der Waals surface area contributed by atoms with Crippen LogP contribution in [0, 0.1) is 5.41 Å². The van der Waals surface area contributed by atoms with Gasteiger partial charge in [-0.25, -0.2) is 0 Å². The van der Waals surface area contributed by atoms with Gasteiger partial charge in [0.05, 0.1) is 29.2 Å². The number of benzene rings is 1. The third kappa shape index (κ3) is 3.45. The minimum Gasteiger partial charge on any atom is -0.378 e. The molecule has 1 aromatic carbocycles. The molecule has 6 heteroatoms. The lowest BCUT2D eigenvalue weighted by molar-refractivity contribution is -0.169. The van der Waals surface area contributed by atoms with Crippen LogP contribution in [0.1, 0.15) is 42.3 Å². The molecule has 1 aromatic heterocycles. The van der Waals surface area contributed by atoms with E-state index >= 15 is 0 Å². The summed E-state index contributed by atoms with van der Waals surface area (Å²) in [4.78, 5) is 16.4. The minimum atomic E-state index is 0.0583. The quantitative estimate of drug-likeness (QED) is 0.747. The largest absolute Gasteiger partial charge is 0.378 e. The first-order valence-electron chi connectivity index (χ1n) is 11.2. The second-order valence-electron chi connectivity index (χ2n) is 8.59. The molecule has 1 spiro atoms. The van der Waals surface area contributed by atoms with Crippen molar-refractivity contribution in [1.29, 1.82) is 0 Å². The SMILES string of the molecule is CCO[C@@H]1C[C@H](NC(=O)c2cc(-c3ccccc3)c(N3CCOCC3)s2)C12CCC2. The second-order valence-corrected chi connectivity index (χ2v) is 9.62. The van der Waals surface area contributed by atoms with Crippen molar-refractivity contribution in [3.05, 3.63) is 41.3 Å². The Morgan fingerprint density at radius 3 is 2.70 bits per heavy atom. The van der Waals surface area contributed by atoms with Gasteiger partial charge < -0.3 is 19.7 Å². The summed E-state index contributed by atoms with van der Waals surface area (Å²) < 4.78 is 11.5. The Labute approximate surface area is 182 Å². The van der Waals surface area contributed by atoms with Gasteiger partial charge in [-0.15, -0.1) is 11.3 Å². The third-order valence-electron chi connectivity index (χ3n) is 7.06. The van der Waals surface area contributed by atoms with Crippen LogP contribution < -0.4 is 10.2 Å². The number of carbonyl (C=O) groups is 1. The van der Waals surface area contributed by atoms with Crippen molar-refractivity contribution in [3.8, 4) is 11.1 Å². The number of amides is 1. The summed E-state index contributed by atoms with van der Waals surface area (Å²) in [7, 11) is 0. The van der Waals surface area contributed by atoms with E-state index in [9.17, 15) is 4.79 Å². The van der Waals surface area contributed by atoms with Gasteiger partial charge in [-0.2, -0.15) is 0 Å². The summed E-state index contributed by atoms with van der Waals surface area (Å²) in [6.07, 6.45) is 4.83. The van der Waals surface area contributed by atoms with Crippen LogP contribution in [-0.4, -0.2) is 51.0 Å². The van der Waals surface area contributed by atoms with E-state index in [1.54, 1.807) is 11.3 Å². The summed E-state index contributed by atoms with van der Waals surface area (Å²) in [6.45, 7) is 6.00. The highest BCUT2D eigenvalue weighted by atomic mass is 32.1. The fraction of sp³-hybridized carbons (Fsp3) is 0.542. The number of morpholine rings is 1. The van der Waals surface area contributed by atoms with Crippen LogP contribution in [0.5, 0.6) is 0 Å². The lowest BCUT2D eigenvalue weighted by atomic mass is 9.51. The highest BCUT2D eigenvalue weighted by Crippen LogP contribution is 2.57. The molecule has 3 fully saturated rings. The molecule has 0 unspecified atom stereocenters. The molecule has 2 saturated carbocycles. The highest BCUT2D eigenvalue weighted by molar-refractivity contribution is 7.18. The van der Waals surface area contributed by atoms with E-state index in [0.29, 0.717) is 6.10 Å². The van der Waals surface area contributed by atoms with Gasteiger partial charge in [0, 0.05) is 36.7 Å². The van der Waals surface area contributed by atoms with Gasteiger partial charge in [0.2, 0.25) is 0 Å². The number of nitrogens with one attached hydrogen (secondary N) is 1. The lowest BCUT2D eigenvalue weighted by Crippen LogP contribution is -2.67. The Bertz CT molecular complexity index is 887. The molecule has 2 heterocycles. The average Bonchev–Trinajstić information content (AvgIpc) is 3.18. The van der Waals surface area contributed by atoms with Gasteiger partial charge >= 0.3 is 0 Å². The predicted octanol–water partition coefficient (Wildman–Crippen LogP) is 4.33. The maximum absolute atomic E-state index is 13.2. The molecule has 5 nitrogen and oxygen atoms in total. The molecule has 2 aromatic rings. The Kier molecular flexibility index (Phi) is 5.56. The first kappa shape index (κ1) is 20.0. The number of rotatable bonds is 6. The monoisotopic (exact) mass is 426 g/mol. The van der Waals surface area contributed by atoms with E-state index in [1.165, 1.54) is 24.3 Å². The molecule has 0 bridgehead atoms. The van der Waals surface area contributed by atoms with Crippen molar-refractivity contribution in [2.45, 2.75) is 44.8 Å². The van der Waals surface area contributed by atoms with E-state index in [1.807, 2.05) is 6.07 Å². The van der Waals surface area contributed by atoms with Crippen LogP contribution >= 0.6 is 11.3 Å². The Balaban J connectivity index is 1.38. The molecule has 2 aliphatic carbocycles. The van der Waals surface area contributed by atoms with Crippen LogP contribution in [0.15, 0.2) is 36.4 Å².